The van der Waals surface area contributed by atoms with Crippen LogP contribution in [0.2, 0.25) is 0 Å². The Bertz CT molecular complexity index is 555. The molecule has 0 radical (unpaired) electrons. The van der Waals surface area contributed by atoms with Crippen LogP contribution in [-0.4, -0.2) is 21.0 Å². The number of anilines is 1. The Labute approximate surface area is 122 Å². The zero-order valence-corrected chi connectivity index (χ0v) is 12.3. The molecule has 0 spiro atoms. The summed E-state index contributed by atoms with van der Waals surface area (Å²) in [5, 5.41) is 34.6. The summed E-state index contributed by atoms with van der Waals surface area (Å²) in [6.07, 6.45) is 1.37. The zero-order chi connectivity index (χ0) is 16.2. The lowest BCUT2D eigenvalue weighted by atomic mass is 10.0. The third-order valence-electron chi connectivity index (χ3n) is 3.52. The van der Waals surface area contributed by atoms with E-state index >= 15 is 0 Å². The maximum atomic E-state index is 11.3. The Morgan fingerprint density at radius 1 is 1.24 bits per heavy atom. The van der Waals surface area contributed by atoms with Gasteiger partial charge < -0.3 is 10.4 Å². The van der Waals surface area contributed by atoms with E-state index in [9.17, 15) is 25.3 Å². The van der Waals surface area contributed by atoms with Crippen LogP contribution in [0.1, 0.15) is 37.8 Å². The van der Waals surface area contributed by atoms with Crippen molar-refractivity contribution in [2.24, 2.45) is 0 Å². The van der Waals surface area contributed by atoms with Crippen molar-refractivity contribution in [2.75, 3.05) is 5.32 Å². The van der Waals surface area contributed by atoms with Crippen molar-refractivity contribution < 1.29 is 15.0 Å². The lowest BCUT2D eigenvalue weighted by molar-refractivity contribution is -0.392. The summed E-state index contributed by atoms with van der Waals surface area (Å²) >= 11 is 0. The number of aliphatic hydroxyl groups is 1. The summed E-state index contributed by atoms with van der Waals surface area (Å²) in [4.78, 5) is 21.2. The molecule has 21 heavy (non-hydrogen) atoms. The van der Waals surface area contributed by atoms with Crippen LogP contribution in [0.3, 0.4) is 0 Å². The number of nitro groups is 2. The maximum Gasteiger partial charge on any atom is 0.302 e. The zero-order valence-electron chi connectivity index (χ0n) is 12.3. The number of hydrogen-bond donors (Lipinski definition) is 2. The second-order valence-corrected chi connectivity index (χ2v) is 4.73. The van der Waals surface area contributed by atoms with Crippen LogP contribution < -0.4 is 5.32 Å². The van der Waals surface area contributed by atoms with Crippen LogP contribution in [0, 0.1) is 27.2 Å². The van der Waals surface area contributed by atoms with E-state index in [2.05, 4.69) is 5.32 Å². The molecule has 0 unspecified atom stereocenters. The van der Waals surface area contributed by atoms with Crippen LogP contribution in [0.25, 0.3) is 0 Å². The third-order valence-corrected chi connectivity index (χ3v) is 3.52. The molecule has 8 heteroatoms. The third kappa shape index (κ3) is 3.46. The summed E-state index contributed by atoms with van der Waals surface area (Å²) in [6, 6.07) is 1.09. The van der Waals surface area contributed by atoms with Gasteiger partial charge in [-0.1, -0.05) is 13.8 Å². The van der Waals surface area contributed by atoms with E-state index in [1.807, 2.05) is 13.8 Å². The van der Waals surface area contributed by atoms with E-state index in [0.29, 0.717) is 12.8 Å². The van der Waals surface area contributed by atoms with E-state index in [4.69, 9.17) is 0 Å². The van der Waals surface area contributed by atoms with Gasteiger partial charge in [-0.25, -0.2) is 0 Å². The maximum absolute atomic E-state index is 11.3. The number of hydrogen-bond acceptors (Lipinski definition) is 6. The fourth-order valence-electron chi connectivity index (χ4n) is 2.18. The second-order valence-electron chi connectivity index (χ2n) is 4.73. The van der Waals surface area contributed by atoms with Crippen molar-refractivity contribution >= 4 is 17.1 Å². The minimum Gasteiger partial charge on any atom is -0.392 e. The molecule has 0 bridgehead atoms. The summed E-state index contributed by atoms with van der Waals surface area (Å²) < 4.78 is 0. The summed E-state index contributed by atoms with van der Waals surface area (Å²) in [7, 11) is 0. The molecular weight excluding hydrogens is 278 g/mol. The monoisotopic (exact) mass is 297 g/mol. The molecule has 0 atom stereocenters. The first-order chi connectivity index (χ1) is 9.87. The smallest absolute Gasteiger partial charge is 0.302 e. The quantitative estimate of drug-likeness (QED) is 0.590. The predicted molar refractivity (Wildman–Crippen MR) is 78.4 cm³/mol. The summed E-state index contributed by atoms with van der Waals surface area (Å²) in [5.41, 5.74) is -0.401. The Morgan fingerprint density at radius 3 is 2.19 bits per heavy atom. The van der Waals surface area contributed by atoms with Crippen molar-refractivity contribution in [3.8, 4) is 0 Å². The van der Waals surface area contributed by atoms with Gasteiger partial charge >= 0.3 is 5.69 Å². The second kappa shape index (κ2) is 6.98. The minimum atomic E-state index is -0.670. The molecule has 8 nitrogen and oxygen atoms in total. The number of aliphatic hydroxyl groups excluding tert-OH is 1. The van der Waals surface area contributed by atoms with Gasteiger partial charge in [0.15, 0.2) is 5.69 Å². The molecule has 0 aliphatic rings. The highest BCUT2D eigenvalue weighted by Crippen LogP contribution is 2.40. The van der Waals surface area contributed by atoms with Crippen molar-refractivity contribution in [3.05, 3.63) is 37.4 Å². The Hall–Kier alpha value is -2.22. The molecule has 0 aliphatic heterocycles. The average Bonchev–Trinajstić information content (AvgIpc) is 2.43. The van der Waals surface area contributed by atoms with Gasteiger partial charge in [0.2, 0.25) is 0 Å². The predicted octanol–water partition coefficient (Wildman–Crippen LogP) is 2.90. The number of benzene rings is 1. The number of nitrogens with zero attached hydrogens (tertiary/aromatic N) is 2. The number of nitro benzene ring substituents is 2. The van der Waals surface area contributed by atoms with Crippen molar-refractivity contribution in [1.29, 1.82) is 0 Å². The molecular formula is C13H19N3O5. The molecule has 0 saturated carbocycles. The first-order valence-electron chi connectivity index (χ1n) is 6.69. The number of nitrogens with one attached hydrogen (secondary N) is 1. The largest absolute Gasteiger partial charge is 0.392 e. The molecule has 116 valence electrons. The topological polar surface area (TPSA) is 119 Å². The normalized spacial score (nSPS) is 10.7. The van der Waals surface area contributed by atoms with Crippen molar-refractivity contribution in [1.82, 2.24) is 0 Å². The first kappa shape index (κ1) is 16.8. The molecule has 0 heterocycles. The fourth-order valence-corrected chi connectivity index (χ4v) is 2.18. The molecule has 0 aliphatic carbocycles. The highest BCUT2D eigenvalue weighted by atomic mass is 16.6. The van der Waals surface area contributed by atoms with Crippen LogP contribution in [0.5, 0.6) is 0 Å². The summed E-state index contributed by atoms with van der Waals surface area (Å²) in [5.74, 6) is 0. The molecule has 1 rings (SSSR count). The van der Waals surface area contributed by atoms with Crippen LogP contribution in [0.4, 0.5) is 17.1 Å². The lowest BCUT2D eigenvalue weighted by Crippen LogP contribution is -2.19. The van der Waals surface area contributed by atoms with E-state index in [0.717, 1.165) is 0 Å². The van der Waals surface area contributed by atoms with Gasteiger partial charge in [-0.2, -0.15) is 0 Å². The van der Waals surface area contributed by atoms with Gasteiger partial charge in [-0.3, -0.25) is 20.2 Å². The van der Waals surface area contributed by atoms with Crippen LogP contribution in [-0.2, 0) is 6.61 Å². The standard InChI is InChI=1S/C13H19N3O5/c1-4-10(5-2)14-12-11(15(18)19)6-9(7-17)8(3)13(12)16(20)21/h6,10,14,17H,4-5,7H2,1-3H3. The van der Waals surface area contributed by atoms with E-state index < -0.39 is 16.5 Å². The van der Waals surface area contributed by atoms with E-state index in [1.165, 1.54) is 13.0 Å². The highest BCUT2D eigenvalue weighted by Gasteiger charge is 2.31. The highest BCUT2D eigenvalue weighted by molar-refractivity contribution is 5.78. The van der Waals surface area contributed by atoms with Crippen LogP contribution in [0.15, 0.2) is 6.07 Å². The van der Waals surface area contributed by atoms with E-state index in [-0.39, 0.29) is 34.2 Å². The minimum absolute atomic E-state index is 0.0894. The summed E-state index contributed by atoms with van der Waals surface area (Å²) in [6.45, 7) is 4.78. The molecule has 1 aromatic carbocycles. The van der Waals surface area contributed by atoms with Gasteiger partial charge in [-0.15, -0.1) is 0 Å². The van der Waals surface area contributed by atoms with Gasteiger partial charge in [-0.05, 0) is 25.3 Å². The Kier molecular flexibility index (Phi) is 5.60. The number of rotatable bonds is 7. The Balaban J connectivity index is 3.59. The van der Waals surface area contributed by atoms with Crippen molar-refractivity contribution in [3.63, 3.8) is 0 Å². The fraction of sp³-hybridized carbons (Fsp3) is 0.538. The lowest BCUT2D eigenvalue weighted by Gasteiger charge is -2.17. The molecule has 0 amide bonds. The van der Waals surface area contributed by atoms with Gasteiger partial charge in [0.05, 0.1) is 16.5 Å². The molecule has 0 fully saturated rings. The Morgan fingerprint density at radius 2 is 1.81 bits per heavy atom. The molecule has 0 saturated heterocycles. The SMILES string of the molecule is CCC(CC)Nc1c([N+](=O)[O-])cc(CO)c(C)c1[N+](=O)[O-]. The van der Waals surface area contributed by atoms with Gasteiger partial charge in [0, 0.05) is 17.7 Å². The van der Waals surface area contributed by atoms with Crippen molar-refractivity contribution in [2.45, 2.75) is 46.3 Å². The molecule has 1 aromatic rings. The first-order valence-corrected chi connectivity index (χ1v) is 6.69. The molecule has 2 N–H and O–H groups in total. The van der Waals surface area contributed by atoms with Crippen LogP contribution >= 0.6 is 0 Å². The van der Waals surface area contributed by atoms with Gasteiger partial charge in [0.25, 0.3) is 5.69 Å². The average molecular weight is 297 g/mol. The van der Waals surface area contributed by atoms with Gasteiger partial charge in [0.1, 0.15) is 0 Å². The van der Waals surface area contributed by atoms with E-state index in [1.54, 1.807) is 0 Å². The molecule has 0 aromatic heterocycles.